The number of hydrogen-bond acceptors (Lipinski definition) is 3. The lowest BCUT2D eigenvalue weighted by molar-refractivity contribution is -0.128. The molecule has 3 amide bonds. The second-order valence-corrected chi connectivity index (χ2v) is 7.03. The summed E-state index contributed by atoms with van der Waals surface area (Å²) in [5, 5.41) is 2.93. The van der Waals surface area contributed by atoms with Gasteiger partial charge >= 0.3 is 6.03 Å². The zero-order chi connectivity index (χ0) is 17.6. The number of likely N-dealkylation sites (tertiary alicyclic amines) is 1. The maximum absolute atomic E-state index is 12.3. The van der Waals surface area contributed by atoms with Crippen LogP contribution in [0.15, 0.2) is 30.3 Å². The number of carbonyl (C=O) groups excluding carboxylic acids is 2. The monoisotopic (exact) mass is 345 g/mol. The summed E-state index contributed by atoms with van der Waals surface area (Å²) in [4.78, 5) is 25.3. The molecule has 0 radical (unpaired) electrons. The van der Waals surface area contributed by atoms with E-state index >= 15 is 0 Å². The number of carbonyl (C=O) groups is 2. The molecular weight excluding hydrogens is 318 g/mol. The fourth-order valence-corrected chi connectivity index (χ4v) is 3.67. The lowest BCUT2D eigenvalue weighted by Crippen LogP contribution is -2.46. The minimum Gasteiger partial charge on any atom is -0.367 e. The summed E-state index contributed by atoms with van der Waals surface area (Å²) >= 11 is 0. The Morgan fingerprint density at radius 3 is 2.48 bits per heavy atom. The molecule has 2 atom stereocenters. The van der Waals surface area contributed by atoms with E-state index in [1.165, 1.54) is 5.56 Å². The van der Waals surface area contributed by atoms with Crippen molar-refractivity contribution in [2.24, 2.45) is 11.7 Å². The summed E-state index contributed by atoms with van der Waals surface area (Å²) in [5.74, 6) is 0.218. The molecule has 3 N–H and O–H groups in total. The average molecular weight is 345 g/mol. The van der Waals surface area contributed by atoms with Gasteiger partial charge in [0.1, 0.15) is 6.10 Å². The fraction of sp³-hybridized carbons (Fsp3) is 0.579. The molecule has 1 aromatic carbocycles. The zero-order valence-electron chi connectivity index (χ0n) is 14.5. The van der Waals surface area contributed by atoms with Gasteiger partial charge in [0.2, 0.25) is 5.91 Å². The van der Waals surface area contributed by atoms with Crippen LogP contribution in [0.1, 0.15) is 31.2 Å². The maximum Gasteiger partial charge on any atom is 0.317 e. The van der Waals surface area contributed by atoms with Crippen molar-refractivity contribution in [2.75, 3.05) is 19.6 Å². The van der Waals surface area contributed by atoms with Gasteiger partial charge in [0.15, 0.2) is 0 Å². The highest BCUT2D eigenvalue weighted by atomic mass is 16.5. The lowest BCUT2D eigenvalue weighted by Gasteiger charge is -2.32. The minimum atomic E-state index is -0.504. The molecule has 2 saturated heterocycles. The van der Waals surface area contributed by atoms with Gasteiger partial charge in [0.25, 0.3) is 0 Å². The van der Waals surface area contributed by atoms with Gasteiger partial charge in [-0.3, -0.25) is 4.79 Å². The highest BCUT2D eigenvalue weighted by Crippen LogP contribution is 2.22. The number of hydrogen-bond donors (Lipinski definition) is 2. The number of ether oxygens (including phenoxy) is 1. The van der Waals surface area contributed by atoms with Gasteiger partial charge in [-0.15, -0.1) is 0 Å². The first-order valence-electron chi connectivity index (χ1n) is 9.13. The largest absolute Gasteiger partial charge is 0.367 e. The van der Waals surface area contributed by atoms with E-state index in [1.807, 2.05) is 11.0 Å². The predicted molar refractivity (Wildman–Crippen MR) is 94.9 cm³/mol. The van der Waals surface area contributed by atoms with Crippen LogP contribution >= 0.6 is 0 Å². The first-order valence-corrected chi connectivity index (χ1v) is 9.13. The van der Waals surface area contributed by atoms with Crippen LogP contribution < -0.4 is 11.1 Å². The van der Waals surface area contributed by atoms with E-state index in [9.17, 15) is 9.59 Å². The van der Waals surface area contributed by atoms with Gasteiger partial charge < -0.3 is 20.7 Å². The Labute approximate surface area is 148 Å². The molecule has 2 fully saturated rings. The number of benzene rings is 1. The number of piperidine rings is 1. The molecule has 0 aliphatic carbocycles. The van der Waals surface area contributed by atoms with Crippen molar-refractivity contribution in [1.82, 2.24) is 10.2 Å². The summed E-state index contributed by atoms with van der Waals surface area (Å²) in [6.07, 6.45) is 3.93. The number of rotatable bonds is 5. The molecule has 0 bridgehead atoms. The zero-order valence-corrected chi connectivity index (χ0v) is 14.5. The maximum atomic E-state index is 12.3. The van der Waals surface area contributed by atoms with Crippen molar-refractivity contribution in [1.29, 1.82) is 0 Å². The molecule has 136 valence electrons. The molecule has 6 heteroatoms. The first-order chi connectivity index (χ1) is 12.1. The molecule has 2 heterocycles. The summed E-state index contributed by atoms with van der Waals surface area (Å²) < 4.78 is 5.54. The molecule has 1 aromatic rings. The van der Waals surface area contributed by atoms with Gasteiger partial charge in [0, 0.05) is 19.6 Å². The second-order valence-electron chi connectivity index (χ2n) is 7.03. The minimum absolute atomic E-state index is 0.0377. The summed E-state index contributed by atoms with van der Waals surface area (Å²) in [7, 11) is 0. The number of amides is 3. The fourth-order valence-electron chi connectivity index (χ4n) is 3.67. The molecule has 0 unspecified atom stereocenters. The van der Waals surface area contributed by atoms with Crippen molar-refractivity contribution in [2.45, 2.75) is 44.3 Å². The van der Waals surface area contributed by atoms with Crippen LogP contribution in [0, 0.1) is 5.92 Å². The van der Waals surface area contributed by atoms with Crippen molar-refractivity contribution in [3.05, 3.63) is 35.9 Å². The average Bonchev–Trinajstić information content (AvgIpc) is 3.11. The smallest absolute Gasteiger partial charge is 0.317 e. The lowest BCUT2D eigenvalue weighted by atomic mass is 9.90. The predicted octanol–water partition coefficient (Wildman–Crippen LogP) is 1.68. The third-order valence-corrected chi connectivity index (χ3v) is 5.17. The number of urea groups is 1. The Bertz CT molecular complexity index is 585. The Balaban J connectivity index is 1.36. The van der Waals surface area contributed by atoms with E-state index in [-0.39, 0.29) is 12.1 Å². The van der Waals surface area contributed by atoms with E-state index < -0.39 is 12.0 Å². The van der Waals surface area contributed by atoms with Gasteiger partial charge in [0.05, 0.1) is 6.10 Å². The number of nitrogens with one attached hydrogen (secondary N) is 1. The standard InChI is InChI=1S/C19H27N3O3/c20-18(23)17-7-6-16(25-17)13-21-19(24)22-10-8-15(9-11-22)12-14-4-2-1-3-5-14/h1-5,15-17H,6-13H2,(H2,20,23)(H,21,24)/t16-,17-/m0/s1. The summed E-state index contributed by atoms with van der Waals surface area (Å²) in [6, 6.07) is 10.5. The van der Waals surface area contributed by atoms with E-state index in [4.69, 9.17) is 10.5 Å². The molecular formula is C19H27N3O3. The van der Waals surface area contributed by atoms with E-state index in [0.29, 0.717) is 18.9 Å². The number of nitrogens with two attached hydrogens (primary N) is 1. The highest BCUT2D eigenvalue weighted by molar-refractivity contribution is 5.79. The molecule has 6 nitrogen and oxygen atoms in total. The van der Waals surface area contributed by atoms with Crippen LogP contribution in [0.3, 0.4) is 0 Å². The SMILES string of the molecule is NC(=O)[C@@H]1CC[C@@H](CNC(=O)N2CCC(Cc3ccccc3)CC2)O1. The summed E-state index contributed by atoms with van der Waals surface area (Å²) in [6.45, 7) is 2.02. The van der Waals surface area contributed by atoms with Gasteiger partial charge in [-0.05, 0) is 43.6 Å². The van der Waals surface area contributed by atoms with Crippen molar-refractivity contribution >= 4 is 11.9 Å². The van der Waals surface area contributed by atoms with Crippen molar-refractivity contribution in [3.63, 3.8) is 0 Å². The quantitative estimate of drug-likeness (QED) is 0.851. The molecule has 2 aliphatic rings. The van der Waals surface area contributed by atoms with Gasteiger partial charge in [-0.25, -0.2) is 4.79 Å². The van der Waals surface area contributed by atoms with Gasteiger partial charge in [-0.1, -0.05) is 30.3 Å². The molecule has 2 aliphatic heterocycles. The van der Waals surface area contributed by atoms with Crippen LogP contribution in [0.2, 0.25) is 0 Å². The molecule has 0 spiro atoms. The van der Waals surface area contributed by atoms with Crippen molar-refractivity contribution < 1.29 is 14.3 Å². The van der Waals surface area contributed by atoms with Crippen LogP contribution in [0.25, 0.3) is 0 Å². The normalized spacial score (nSPS) is 24.2. The molecule has 0 saturated carbocycles. The first kappa shape index (κ1) is 17.7. The molecule has 0 aromatic heterocycles. The number of primary amides is 1. The second kappa shape index (κ2) is 8.34. The Hall–Kier alpha value is -2.08. The van der Waals surface area contributed by atoms with Crippen molar-refractivity contribution in [3.8, 4) is 0 Å². The third-order valence-electron chi connectivity index (χ3n) is 5.17. The molecule has 3 rings (SSSR count). The van der Waals surface area contributed by atoms with Crippen LogP contribution in [0.4, 0.5) is 4.79 Å². The van der Waals surface area contributed by atoms with E-state index in [0.717, 1.165) is 38.8 Å². The Kier molecular flexibility index (Phi) is 5.91. The summed E-state index contributed by atoms with van der Waals surface area (Å²) in [5.41, 5.74) is 6.61. The van der Waals surface area contributed by atoms with Crippen LogP contribution in [0.5, 0.6) is 0 Å². The third kappa shape index (κ3) is 4.95. The molecule has 25 heavy (non-hydrogen) atoms. The van der Waals surface area contributed by atoms with Gasteiger partial charge in [-0.2, -0.15) is 0 Å². The van der Waals surface area contributed by atoms with Crippen LogP contribution in [-0.4, -0.2) is 48.7 Å². The van der Waals surface area contributed by atoms with E-state index in [2.05, 4.69) is 29.6 Å². The van der Waals surface area contributed by atoms with E-state index in [1.54, 1.807) is 0 Å². The highest BCUT2D eigenvalue weighted by Gasteiger charge is 2.30. The Morgan fingerprint density at radius 2 is 1.84 bits per heavy atom. The topological polar surface area (TPSA) is 84.7 Å². The Morgan fingerprint density at radius 1 is 1.12 bits per heavy atom. The number of nitrogens with zero attached hydrogens (tertiary/aromatic N) is 1. The van der Waals surface area contributed by atoms with Crippen LogP contribution in [-0.2, 0) is 16.0 Å².